The van der Waals surface area contributed by atoms with Crippen molar-refractivity contribution in [2.45, 2.75) is 0 Å². The van der Waals surface area contributed by atoms with E-state index in [-0.39, 0.29) is 0 Å². The molecule has 0 aliphatic heterocycles. The quantitative estimate of drug-likeness (QED) is 0.158. The zero-order valence-electron chi connectivity index (χ0n) is 41.5. The smallest absolute Gasteiger partial charge is 0.0640 e. The minimum Gasteiger partial charge on any atom is -0.309 e. The summed E-state index contributed by atoms with van der Waals surface area (Å²) in [6, 6.07) is 96.8. The molecule has 358 valence electrons. The van der Waals surface area contributed by atoms with Crippen molar-refractivity contribution in [2.75, 3.05) is 0 Å². The fourth-order valence-corrected chi connectivity index (χ4v) is 15.8. The van der Waals surface area contributed by atoms with Crippen molar-refractivity contribution in [1.82, 2.24) is 13.7 Å². The highest BCUT2D eigenvalue weighted by Crippen LogP contribution is 2.52. The number of nitrogens with zero attached hydrogens (tertiary/aromatic N) is 3. The monoisotopic (exact) mass is 1010 g/mol. The van der Waals surface area contributed by atoms with Gasteiger partial charge in [0.05, 0.1) is 59.6 Å². The van der Waals surface area contributed by atoms with E-state index in [0.29, 0.717) is 0 Å². The third kappa shape index (κ3) is 6.06. The van der Waals surface area contributed by atoms with Crippen LogP contribution < -0.4 is 0 Å². The van der Waals surface area contributed by atoms with E-state index in [2.05, 4.69) is 275 Å². The summed E-state index contributed by atoms with van der Waals surface area (Å²) in [5.74, 6) is 0. The minimum absolute atomic E-state index is 1.16. The Morgan fingerprint density at radius 3 is 0.974 bits per heavy atom. The Bertz CT molecular complexity index is 5150. The summed E-state index contributed by atoms with van der Waals surface area (Å²) in [6.45, 7) is 0. The molecular weight excluding hydrogens is 971 g/mol. The third-order valence-electron chi connectivity index (χ3n) is 16.3. The van der Waals surface area contributed by atoms with E-state index in [0.717, 1.165) is 5.69 Å². The predicted octanol–water partition coefficient (Wildman–Crippen LogP) is 20.7. The van der Waals surface area contributed by atoms with Crippen LogP contribution in [0.4, 0.5) is 0 Å². The molecule has 0 bridgehead atoms. The molecule has 17 aromatic rings. The fraction of sp³-hybridized carbons (Fsp3) is 0. The van der Waals surface area contributed by atoms with Crippen molar-refractivity contribution in [3.63, 3.8) is 0 Å². The molecule has 0 spiro atoms. The van der Waals surface area contributed by atoms with E-state index in [1.807, 2.05) is 22.7 Å². The molecule has 3 nitrogen and oxygen atoms in total. The average Bonchev–Trinajstić information content (AvgIpc) is 4.44. The summed E-state index contributed by atoms with van der Waals surface area (Å²) < 4.78 is 12.6. The van der Waals surface area contributed by atoms with Gasteiger partial charge in [0.2, 0.25) is 0 Å². The largest absolute Gasteiger partial charge is 0.309 e. The van der Waals surface area contributed by atoms with Crippen molar-refractivity contribution in [3.05, 3.63) is 261 Å². The number of benzene rings is 12. The lowest BCUT2D eigenvalue weighted by Crippen LogP contribution is -1.97. The first-order valence-electron chi connectivity index (χ1n) is 26.3. The highest BCUT2D eigenvalue weighted by molar-refractivity contribution is 7.27. The van der Waals surface area contributed by atoms with Crippen LogP contribution in [0.3, 0.4) is 0 Å². The van der Waals surface area contributed by atoms with E-state index in [4.69, 9.17) is 0 Å². The van der Waals surface area contributed by atoms with Gasteiger partial charge in [0.1, 0.15) is 0 Å². The normalized spacial score (nSPS) is 12.2. The maximum absolute atomic E-state index is 2.50. The molecule has 0 saturated heterocycles. The molecule has 0 atom stereocenters. The maximum atomic E-state index is 2.50. The Balaban J connectivity index is 0.936. The second-order valence-corrected chi connectivity index (χ2v) is 22.3. The molecule has 5 heteroatoms. The van der Waals surface area contributed by atoms with E-state index in [9.17, 15) is 0 Å². The molecule has 5 aromatic heterocycles. The average molecular weight is 1010 g/mol. The van der Waals surface area contributed by atoms with Crippen LogP contribution in [0.2, 0.25) is 0 Å². The van der Waals surface area contributed by atoms with E-state index >= 15 is 0 Å². The van der Waals surface area contributed by atoms with E-state index in [1.54, 1.807) is 0 Å². The van der Waals surface area contributed by atoms with Gasteiger partial charge in [0, 0.05) is 80.0 Å². The van der Waals surface area contributed by atoms with Crippen molar-refractivity contribution >= 4 is 128 Å². The van der Waals surface area contributed by atoms with Crippen molar-refractivity contribution < 1.29 is 0 Å². The van der Waals surface area contributed by atoms with Gasteiger partial charge in [-0.2, -0.15) is 0 Å². The van der Waals surface area contributed by atoms with Gasteiger partial charge in [-0.25, -0.2) is 0 Å². The molecule has 77 heavy (non-hydrogen) atoms. The van der Waals surface area contributed by atoms with E-state index in [1.165, 1.54) is 151 Å². The lowest BCUT2D eigenvalue weighted by atomic mass is 9.90. The second-order valence-electron chi connectivity index (χ2n) is 20.2. The van der Waals surface area contributed by atoms with Gasteiger partial charge in [-0.1, -0.05) is 206 Å². The standard InChI is InChI=1S/C72H43N3S2/c1-2-21-45(44(20-1)54-29-17-30-55-56-31-18-40-66(70(56)76-69(54)55)74-61-35-12-5-24-48(61)49-25-6-13-36-62(49)74)57-43-42-53(52-28-9-16-39-65(52)73-59-33-10-3-22-46(59)47-23-4-11-34-60(47)73)68-58-32-19-41-67(71(58)77-72(57)68)75-63-37-14-7-26-50(63)51-27-8-15-38-64(51)75/h1-43H. The Hall–Kier alpha value is -9.52. The summed E-state index contributed by atoms with van der Waals surface area (Å²) >= 11 is 3.84. The molecule has 0 radical (unpaired) electrons. The van der Waals surface area contributed by atoms with Crippen molar-refractivity contribution in [3.8, 4) is 50.4 Å². The summed E-state index contributed by atoms with van der Waals surface area (Å²) in [4.78, 5) is 0. The fourth-order valence-electron chi connectivity index (χ4n) is 13.1. The first kappa shape index (κ1) is 42.8. The highest BCUT2D eigenvalue weighted by Gasteiger charge is 2.25. The second kappa shape index (κ2) is 16.5. The number of fused-ring (bicyclic) bond motifs is 15. The SMILES string of the molecule is c1ccc(-c2ccc(-c3ccccc3-n3c4ccccc4c4ccccc43)c3c2sc2c(-n4c5ccccc5c5ccccc54)cccc23)c(-c2cccc3c2sc2c(-n4c5ccccc5c5ccccc54)cccc23)c1. The van der Waals surface area contributed by atoms with Crippen LogP contribution in [0.15, 0.2) is 261 Å². The third-order valence-corrected chi connectivity index (χ3v) is 18.8. The molecule has 17 rings (SSSR count). The Kier molecular flexibility index (Phi) is 9.16. The summed E-state index contributed by atoms with van der Waals surface area (Å²) in [5, 5.41) is 12.6. The Morgan fingerprint density at radius 1 is 0.182 bits per heavy atom. The Morgan fingerprint density at radius 2 is 0.481 bits per heavy atom. The number of para-hydroxylation sites is 7. The molecule has 0 fully saturated rings. The van der Waals surface area contributed by atoms with Gasteiger partial charge in [0.25, 0.3) is 0 Å². The van der Waals surface area contributed by atoms with Gasteiger partial charge in [-0.3, -0.25) is 0 Å². The summed E-state index contributed by atoms with van der Waals surface area (Å²) in [7, 11) is 0. The van der Waals surface area contributed by atoms with Crippen molar-refractivity contribution in [2.24, 2.45) is 0 Å². The molecule has 0 aliphatic carbocycles. The minimum atomic E-state index is 1.16. The lowest BCUT2D eigenvalue weighted by Gasteiger charge is -2.17. The Labute approximate surface area is 450 Å². The van der Waals surface area contributed by atoms with Crippen LogP contribution in [0.5, 0.6) is 0 Å². The zero-order chi connectivity index (χ0) is 50.3. The van der Waals surface area contributed by atoms with Crippen LogP contribution in [0, 0.1) is 0 Å². The number of hydrogen-bond donors (Lipinski definition) is 0. The molecule has 12 aromatic carbocycles. The maximum Gasteiger partial charge on any atom is 0.0640 e. The molecule has 0 amide bonds. The van der Waals surface area contributed by atoms with Gasteiger partial charge in [0.15, 0.2) is 0 Å². The number of thiophene rings is 2. The molecule has 5 heterocycles. The highest BCUT2D eigenvalue weighted by atomic mass is 32.1. The molecule has 0 aliphatic rings. The van der Waals surface area contributed by atoms with Crippen LogP contribution in [0.1, 0.15) is 0 Å². The number of aromatic nitrogens is 3. The molecule has 0 N–H and O–H groups in total. The van der Waals surface area contributed by atoms with Crippen LogP contribution in [-0.4, -0.2) is 13.7 Å². The molecular formula is C72H43N3S2. The zero-order valence-corrected chi connectivity index (χ0v) is 43.1. The topological polar surface area (TPSA) is 14.8 Å². The summed E-state index contributed by atoms with van der Waals surface area (Å²) in [6.07, 6.45) is 0. The van der Waals surface area contributed by atoms with Gasteiger partial charge in [-0.15, -0.1) is 22.7 Å². The van der Waals surface area contributed by atoms with Crippen LogP contribution in [-0.2, 0) is 0 Å². The lowest BCUT2D eigenvalue weighted by molar-refractivity contribution is 1.18. The molecule has 0 saturated carbocycles. The van der Waals surface area contributed by atoms with Crippen LogP contribution >= 0.6 is 22.7 Å². The van der Waals surface area contributed by atoms with Gasteiger partial charge >= 0.3 is 0 Å². The predicted molar refractivity (Wildman–Crippen MR) is 332 cm³/mol. The van der Waals surface area contributed by atoms with E-state index < -0.39 is 0 Å². The van der Waals surface area contributed by atoms with Crippen LogP contribution in [0.25, 0.3) is 156 Å². The van der Waals surface area contributed by atoms with Crippen molar-refractivity contribution in [1.29, 1.82) is 0 Å². The first-order chi connectivity index (χ1) is 38.3. The molecule has 0 unspecified atom stereocenters. The number of hydrogen-bond acceptors (Lipinski definition) is 2. The first-order valence-corrected chi connectivity index (χ1v) is 28.0. The summed E-state index contributed by atoms with van der Waals surface area (Å²) in [5.41, 5.74) is 18.1. The number of rotatable bonds is 6. The van der Waals surface area contributed by atoms with Gasteiger partial charge in [-0.05, 0) is 71.3 Å². The van der Waals surface area contributed by atoms with Gasteiger partial charge < -0.3 is 13.7 Å².